The van der Waals surface area contributed by atoms with Crippen LogP contribution >= 0.6 is 0 Å². The average Bonchev–Trinajstić information content (AvgIpc) is 2.72. The molecule has 1 aromatic heterocycles. The standard InChI is InChI=1S/C22H20F3N3O3S/c1-15-11-18(13-26-12-15)27-32(30,31)20-6-4-3-5-19(20)21(29)28(2)14-16-7-9-17(10-8-16)22(23,24)25/h3-13,27H,14H2,1-2H3. The molecule has 1 N–H and O–H groups in total. The molecule has 168 valence electrons. The van der Waals surface area contributed by atoms with Crippen molar-refractivity contribution in [3.8, 4) is 0 Å². The van der Waals surface area contributed by atoms with Crippen LogP contribution in [-0.4, -0.2) is 31.3 Å². The van der Waals surface area contributed by atoms with Crippen molar-refractivity contribution in [1.82, 2.24) is 9.88 Å². The minimum Gasteiger partial charge on any atom is -0.337 e. The third-order valence-corrected chi connectivity index (χ3v) is 6.02. The second kappa shape index (κ2) is 8.99. The van der Waals surface area contributed by atoms with Crippen molar-refractivity contribution < 1.29 is 26.4 Å². The normalized spacial score (nSPS) is 11.8. The topological polar surface area (TPSA) is 79.4 Å². The second-order valence-electron chi connectivity index (χ2n) is 7.21. The van der Waals surface area contributed by atoms with E-state index in [-0.39, 0.29) is 22.7 Å². The minimum atomic E-state index is -4.45. The van der Waals surface area contributed by atoms with Gasteiger partial charge in [-0.1, -0.05) is 24.3 Å². The summed E-state index contributed by atoms with van der Waals surface area (Å²) >= 11 is 0. The molecule has 0 radical (unpaired) electrons. The van der Waals surface area contributed by atoms with Gasteiger partial charge in [0.15, 0.2) is 0 Å². The molecule has 6 nitrogen and oxygen atoms in total. The van der Waals surface area contributed by atoms with E-state index in [0.29, 0.717) is 5.56 Å². The molecule has 0 aliphatic heterocycles. The van der Waals surface area contributed by atoms with Crippen LogP contribution in [0.1, 0.15) is 27.0 Å². The van der Waals surface area contributed by atoms with Crippen LogP contribution in [0.4, 0.5) is 18.9 Å². The predicted octanol–water partition coefficient (Wildman–Crippen LogP) is 4.48. The van der Waals surface area contributed by atoms with E-state index in [1.54, 1.807) is 19.2 Å². The maximum atomic E-state index is 13.0. The van der Waals surface area contributed by atoms with Crippen molar-refractivity contribution in [1.29, 1.82) is 0 Å². The monoisotopic (exact) mass is 463 g/mol. The lowest BCUT2D eigenvalue weighted by Gasteiger charge is -2.20. The molecule has 1 heterocycles. The van der Waals surface area contributed by atoms with Crippen LogP contribution in [0.15, 0.2) is 71.9 Å². The summed E-state index contributed by atoms with van der Waals surface area (Å²) in [6.45, 7) is 1.76. The highest BCUT2D eigenvalue weighted by Gasteiger charge is 2.30. The van der Waals surface area contributed by atoms with Crippen molar-refractivity contribution in [3.05, 3.63) is 89.2 Å². The molecule has 0 spiro atoms. The van der Waals surface area contributed by atoms with Gasteiger partial charge in [-0.05, 0) is 48.4 Å². The van der Waals surface area contributed by atoms with Gasteiger partial charge in [0.05, 0.1) is 23.0 Å². The van der Waals surface area contributed by atoms with Crippen LogP contribution in [-0.2, 0) is 22.7 Å². The van der Waals surface area contributed by atoms with Crippen molar-refractivity contribution in [2.45, 2.75) is 24.5 Å². The van der Waals surface area contributed by atoms with Gasteiger partial charge in [0, 0.05) is 19.8 Å². The highest BCUT2D eigenvalue weighted by atomic mass is 32.2. The quantitative estimate of drug-likeness (QED) is 0.585. The molecule has 0 aliphatic carbocycles. The first kappa shape index (κ1) is 23.3. The molecular weight excluding hydrogens is 443 g/mol. The Bertz CT molecular complexity index is 1230. The number of rotatable bonds is 6. The van der Waals surface area contributed by atoms with Gasteiger partial charge in [0.2, 0.25) is 0 Å². The van der Waals surface area contributed by atoms with E-state index in [4.69, 9.17) is 0 Å². The van der Waals surface area contributed by atoms with Gasteiger partial charge >= 0.3 is 6.18 Å². The Morgan fingerprint density at radius 1 is 1.06 bits per heavy atom. The van der Waals surface area contributed by atoms with Gasteiger partial charge in [-0.15, -0.1) is 0 Å². The first-order valence-corrected chi connectivity index (χ1v) is 10.9. The van der Waals surface area contributed by atoms with Crippen LogP contribution < -0.4 is 4.72 Å². The highest BCUT2D eigenvalue weighted by Crippen LogP contribution is 2.29. The maximum Gasteiger partial charge on any atom is 0.416 e. The molecule has 2 aromatic carbocycles. The van der Waals surface area contributed by atoms with Crippen molar-refractivity contribution in [3.63, 3.8) is 0 Å². The Hall–Kier alpha value is -3.40. The third-order valence-electron chi connectivity index (χ3n) is 4.58. The molecular formula is C22H20F3N3O3S. The summed E-state index contributed by atoms with van der Waals surface area (Å²) in [5, 5.41) is 0. The number of nitrogens with one attached hydrogen (secondary N) is 1. The number of aromatic nitrogens is 1. The van der Waals surface area contributed by atoms with Gasteiger partial charge in [0.1, 0.15) is 4.90 Å². The fourth-order valence-electron chi connectivity index (χ4n) is 3.05. The number of nitrogens with zero attached hydrogens (tertiary/aromatic N) is 2. The van der Waals surface area contributed by atoms with Crippen LogP contribution in [0, 0.1) is 6.92 Å². The van der Waals surface area contributed by atoms with Crippen LogP contribution in [0.25, 0.3) is 0 Å². The van der Waals surface area contributed by atoms with E-state index in [1.165, 1.54) is 54.5 Å². The fraction of sp³-hybridized carbons (Fsp3) is 0.182. The molecule has 0 bridgehead atoms. The third kappa shape index (κ3) is 5.44. The number of alkyl halides is 3. The zero-order valence-corrected chi connectivity index (χ0v) is 18.0. The molecule has 0 fully saturated rings. The number of anilines is 1. The van der Waals surface area contributed by atoms with Crippen LogP contribution in [0.3, 0.4) is 0 Å². The lowest BCUT2D eigenvalue weighted by Crippen LogP contribution is -2.28. The van der Waals surface area contributed by atoms with Crippen molar-refractivity contribution >= 4 is 21.6 Å². The zero-order valence-electron chi connectivity index (χ0n) is 17.2. The van der Waals surface area contributed by atoms with E-state index < -0.39 is 27.7 Å². The fourth-order valence-corrected chi connectivity index (χ4v) is 4.28. The summed E-state index contributed by atoms with van der Waals surface area (Å²) in [4.78, 5) is 18.0. The van der Waals surface area contributed by atoms with Gasteiger partial charge in [-0.25, -0.2) is 8.42 Å². The molecule has 1 amide bonds. The first-order valence-electron chi connectivity index (χ1n) is 9.42. The van der Waals surface area contributed by atoms with Crippen molar-refractivity contribution in [2.75, 3.05) is 11.8 Å². The number of pyridine rings is 1. The first-order chi connectivity index (χ1) is 15.0. The molecule has 0 saturated carbocycles. The second-order valence-corrected chi connectivity index (χ2v) is 8.86. The van der Waals surface area contributed by atoms with Gasteiger partial charge in [-0.2, -0.15) is 13.2 Å². The summed E-state index contributed by atoms with van der Waals surface area (Å²) < 4.78 is 66.5. The van der Waals surface area contributed by atoms with E-state index in [9.17, 15) is 26.4 Å². The lowest BCUT2D eigenvalue weighted by molar-refractivity contribution is -0.137. The Balaban J connectivity index is 1.83. The van der Waals surface area contributed by atoms with Crippen LogP contribution in [0.2, 0.25) is 0 Å². The summed E-state index contributed by atoms with van der Waals surface area (Å²) in [5.41, 5.74) is 0.632. The highest BCUT2D eigenvalue weighted by molar-refractivity contribution is 7.92. The Kier molecular flexibility index (Phi) is 6.54. The number of sulfonamides is 1. The molecule has 0 aliphatic rings. The van der Waals surface area contributed by atoms with Gasteiger partial charge in [0.25, 0.3) is 15.9 Å². The number of amides is 1. The number of carbonyl (C=O) groups excluding carboxylic acids is 1. The summed E-state index contributed by atoms with van der Waals surface area (Å²) in [6, 6.07) is 11.8. The summed E-state index contributed by atoms with van der Waals surface area (Å²) in [7, 11) is -2.65. The molecule has 0 atom stereocenters. The Morgan fingerprint density at radius 3 is 2.34 bits per heavy atom. The summed E-state index contributed by atoms with van der Waals surface area (Å²) in [6.07, 6.45) is -1.52. The van der Waals surface area contributed by atoms with E-state index >= 15 is 0 Å². The number of aryl methyl sites for hydroxylation is 1. The number of hydrogen-bond acceptors (Lipinski definition) is 4. The van der Waals surface area contributed by atoms with E-state index in [1.807, 2.05) is 0 Å². The van der Waals surface area contributed by atoms with Crippen LogP contribution in [0.5, 0.6) is 0 Å². The molecule has 0 saturated heterocycles. The number of hydrogen-bond donors (Lipinski definition) is 1. The SMILES string of the molecule is Cc1cncc(NS(=O)(=O)c2ccccc2C(=O)N(C)Cc2ccc(C(F)(F)F)cc2)c1. The Labute approximate surface area is 183 Å². The van der Waals surface area contributed by atoms with E-state index in [0.717, 1.165) is 17.7 Å². The largest absolute Gasteiger partial charge is 0.416 e. The Morgan fingerprint density at radius 2 is 1.72 bits per heavy atom. The zero-order chi connectivity index (χ0) is 23.5. The summed E-state index contributed by atoms with van der Waals surface area (Å²) in [5.74, 6) is -0.590. The minimum absolute atomic E-state index is 0.000576. The maximum absolute atomic E-state index is 13.0. The molecule has 10 heteroatoms. The number of carbonyl (C=O) groups is 1. The number of benzene rings is 2. The van der Waals surface area contributed by atoms with Gasteiger partial charge < -0.3 is 4.90 Å². The van der Waals surface area contributed by atoms with Gasteiger partial charge in [-0.3, -0.25) is 14.5 Å². The number of halogens is 3. The average molecular weight is 463 g/mol. The van der Waals surface area contributed by atoms with Crippen molar-refractivity contribution in [2.24, 2.45) is 0 Å². The smallest absolute Gasteiger partial charge is 0.337 e. The predicted molar refractivity (Wildman–Crippen MR) is 113 cm³/mol. The molecule has 0 unspecified atom stereocenters. The van der Waals surface area contributed by atoms with E-state index in [2.05, 4.69) is 9.71 Å². The lowest BCUT2D eigenvalue weighted by atomic mass is 10.1. The molecule has 3 rings (SSSR count). The molecule has 3 aromatic rings. The molecule has 32 heavy (non-hydrogen) atoms.